The molecule has 0 saturated carbocycles. The maximum atomic E-state index is 13.9. The minimum absolute atomic E-state index is 0.0188. The van der Waals surface area contributed by atoms with Crippen LogP contribution < -0.4 is 9.62 Å². The number of hydrogen-bond donors (Lipinski definition) is 1. The molecule has 0 bridgehead atoms. The molecule has 30 heavy (non-hydrogen) atoms. The molecule has 0 aliphatic heterocycles. The Morgan fingerprint density at radius 2 is 1.63 bits per heavy atom. The van der Waals surface area contributed by atoms with Crippen LogP contribution >= 0.6 is 0 Å². The summed E-state index contributed by atoms with van der Waals surface area (Å²) in [5, 5.41) is 2.30. The molecule has 3 aromatic carbocycles. The highest BCUT2D eigenvalue weighted by Crippen LogP contribution is 2.24. The standard InChI is InChI=1S/C22H20F2N2O3S/c1-2-16-8-11-18(12-9-16)26(30(28,29)19-6-4-3-5-7-19)15-22(27)25-21-13-10-17(23)14-20(21)24/h3-14H,2,15H2,1H3,(H,25,27). The molecule has 0 atom stereocenters. The quantitative estimate of drug-likeness (QED) is 0.606. The second-order valence-electron chi connectivity index (χ2n) is 6.52. The average Bonchev–Trinajstić information content (AvgIpc) is 2.75. The van der Waals surface area contributed by atoms with E-state index in [1.807, 2.05) is 6.92 Å². The molecule has 0 saturated heterocycles. The first-order chi connectivity index (χ1) is 14.3. The number of rotatable bonds is 7. The number of carbonyl (C=O) groups excluding carboxylic acids is 1. The van der Waals surface area contributed by atoms with Crippen molar-refractivity contribution in [1.82, 2.24) is 0 Å². The summed E-state index contributed by atoms with van der Waals surface area (Å²) < 4.78 is 54.3. The second-order valence-corrected chi connectivity index (χ2v) is 8.38. The van der Waals surface area contributed by atoms with Gasteiger partial charge in [0, 0.05) is 6.07 Å². The van der Waals surface area contributed by atoms with Crippen LogP contribution in [0, 0.1) is 11.6 Å². The van der Waals surface area contributed by atoms with Crippen molar-refractivity contribution in [2.24, 2.45) is 0 Å². The summed E-state index contributed by atoms with van der Waals surface area (Å²) in [6, 6.07) is 17.2. The van der Waals surface area contributed by atoms with Gasteiger partial charge in [0.1, 0.15) is 18.2 Å². The number of amides is 1. The highest BCUT2D eigenvalue weighted by Gasteiger charge is 2.27. The van der Waals surface area contributed by atoms with E-state index in [1.54, 1.807) is 42.5 Å². The maximum absolute atomic E-state index is 13.9. The molecular weight excluding hydrogens is 410 g/mol. The van der Waals surface area contributed by atoms with Gasteiger partial charge in [-0.3, -0.25) is 9.10 Å². The van der Waals surface area contributed by atoms with Crippen molar-refractivity contribution < 1.29 is 22.0 Å². The van der Waals surface area contributed by atoms with E-state index < -0.39 is 34.1 Å². The molecule has 0 aliphatic rings. The van der Waals surface area contributed by atoms with Gasteiger partial charge in [-0.1, -0.05) is 37.3 Å². The predicted molar refractivity (Wildman–Crippen MR) is 112 cm³/mol. The molecule has 0 aliphatic carbocycles. The van der Waals surface area contributed by atoms with Gasteiger partial charge >= 0.3 is 0 Å². The van der Waals surface area contributed by atoms with Gasteiger partial charge in [0.25, 0.3) is 10.0 Å². The van der Waals surface area contributed by atoms with Crippen LogP contribution in [0.15, 0.2) is 77.7 Å². The number of nitrogens with one attached hydrogen (secondary N) is 1. The highest BCUT2D eigenvalue weighted by molar-refractivity contribution is 7.92. The van der Waals surface area contributed by atoms with Crippen molar-refractivity contribution in [2.45, 2.75) is 18.2 Å². The first-order valence-electron chi connectivity index (χ1n) is 9.23. The van der Waals surface area contributed by atoms with Crippen molar-refractivity contribution in [3.05, 3.63) is 90.0 Å². The Morgan fingerprint density at radius 3 is 2.23 bits per heavy atom. The average molecular weight is 430 g/mol. The molecule has 156 valence electrons. The Morgan fingerprint density at radius 1 is 0.967 bits per heavy atom. The van der Waals surface area contributed by atoms with Crippen LogP contribution in [-0.4, -0.2) is 20.9 Å². The zero-order valence-electron chi connectivity index (χ0n) is 16.2. The number of aryl methyl sites for hydroxylation is 1. The predicted octanol–water partition coefficient (Wildman–Crippen LogP) is 4.36. The Balaban J connectivity index is 1.93. The molecule has 1 N–H and O–H groups in total. The first-order valence-corrected chi connectivity index (χ1v) is 10.7. The number of halogens is 2. The molecule has 5 nitrogen and oxygen atoms in total. The first kappa shape index (κ1) is 21.4. The minimum Gasteiger partial charge on any atom is -0.322 e. The molecule has 0 aromatic heterocycles. The molecule has 0 fully saturated rings. The Labute approximate surface area is 174 Å². The molecule has 3 rings (SSSR count). The lowest BCUT2D eigenvalue weighted by molar-refractivity contribution is -0.114. The summed E-state index contributed by atoms with van der Waals surface area (Å²) in [6.07, 6.45) is 0.774. The lowest BCUT2D eigenvalue weighted by Gasteiger charge is -2.24. The van der Waals surface area contributed by atoms with E-state index in [-0.39, 0.29) is 10.6 Å². The van der Waals surface area contributed by atoms with E-state index in [9.17, 15) is 22.0 Å². The third-order valence-corrected chi connectivity index (χ3v) is 6.24. The number of benzene rings is 3. The smallest absolute Gasteiger partial charge is 0.264 e. The van der Waals surface area contributed by atoms with Gasteiger partial charge in [-0.2, -0.15) is 0 Å². The van der Waals surface area contributed by atoms with E-state index >= 15 is 0 Å². The summed E-state index contributed by atoms with van der Waals surface area (Å²) >= 11 is 0. The number of carbonyl (C=O) groups is 1. The van der Waals surface area contributed by atoms with Gasteiger partial charge in [0.15, 0.2) is 0 Å². The molecule has 3 aromatic rings. The monoisotopic (exact) mass is 430 g/mol. The van der Waals surface area contributed by atoms with Crippen molar-refractivity contribution in [2.75, 3.05) is 16.2 Å². The van der Waals surface area contributed by atoms with Crippen molar-refractivity contribution >= 4 is 27.3 Å². The van der Waals surface area contributed by atoms with E-state index in [0.29, 0.717) is 11.8 Å². The summed E-state index contributed by atoms with van der Waals surface area (Å²) in [4.78, 5) is 12.6. The van der Waals surface area contributed by atoms with Crippen molar-refractivity contribution in [1.29, 1.82) is 0 Å². The largest absolute Gasteiger partial charge is 0.322 e. The topological polar surface area (TPSA) is 66.5 Å². The molecule has 0 unspecified atom stereocenters. The maximum Gasteiger partial charge on any atom is 0.264 e. The fourth-order valence-electron chi connectivity index (χ4n) is 2.84. The normalized spacial score (nSPS) is 11.2. The van der Waals surface area contributed by atoms with Crippen LogP contribution in [0.3, 0.4) is 0 Å². The Hall–Kier alpha value is -3.26. The van der Waals surface area contributed by atoms with Gasteiger partial charge < -0.3 is 5.32 Å². The van der Waals surface area contributed by atoms with E-state index in [4.69, 9.17) is 0 Å². The summed E-state index contributed by atoms with van der Waals surface area (Å²) in [5.41, 5.74) is 1.07. The fraction of sp³-hybridized carbons (Fsp3) is 0.136. The molecule has 8 heteroatoms. The van der Waals surface area contributed by atoms with Crippen LogP contribution in [-0.2, 0) is 21.2 Å². The SMILES string of the molecule is CCc1ccc(N(CC(=O)Nc2ccc(F)cc2F)S(=O)(=O)c2ccccc2)cc1. The van der Waals surface area contributed by atoms with Crippen molar-refractivity contribution in [3.63, 3.8) is 0 Å². The van der Waals surface area contributed by atoms with Crippen LogP contribution in [0.25, 0.3) is 0 Å². The zero-order chi connectivity index (χ0) is 21.7. The van der Waals surface area contributed by atoms with E-state index in [2.05, 4.69) is 5.32 Å². The number of hydrogen-bond acceptors (Lipinski definition) is 3. The Kier molecular flexibility index (Phi) is 6.47. The number of sulfonamides is 1. The summed E-state index contributed by atoms with van der Waals surface area (Å²) in [5.74, 6) is -2.50. The minimum atomic E-state index is -4.06. The number of anilines is 2. The Bertz CT molecular complexity index is 1130. The molecular formula is C22H20F2N2O3S. The fourth-order valence-corrected chi connectivity index (χ4v) is 4.29. The molecule has 0 heterocycles. The zero-order valence-corrected chi connectivity index (χ0v) is 17.0. The van der Waals surface area contributed by atoms with Crippen LogP contribution in [0.5, 0.6) is 0 Å². The lowest BCUT2D eigenvalue weighted by atomic mass is 10.1. The highest BCUT2D eigenvalue weighted by atomic mass is 32.2. The third-order valence-electron chi connectivity index (χ3n) is 4.46. The second kappa shape index (κ2) is 9.04. The van der Waals surface area contributed by atoms with Gasteiger partial charge in [0.05, 0.1) is 16.3 Å². The van der Waals surface area contributed by atoms with Crippen LogP contribution in [0.1, 0.15) is 12.5 Å². The summed E-state index contributed by atoms with van der Waals surface area (Å²) in [7, 11) is -4.06. The van der Waals surface area contributed by atoms with E-state index in [0.717, 1.165) is 28.4 Å². The molecule has 0 radical (unpaired) electrons. The van der Waals surface area contributed by atoms with Gasteiger partial charge in [0.2, 0.25) is 5.91 Å². The van der Waals surface area contributed by atoms with Gasteiger partial charge in [-0.05, 0) is 48.4 Å². The molecule has 1 amide bonds. The number of nitrogens with zero attached hydrogens (tertiary/aromatic N) is 1. The van der Waals surface area contributed by atoms with Crippen molar-refractivity contribution in [3.8, 4) is 0 Å². The molecule has 0 spiro atoms. The third kappa shape index (κ3) is 4.83. The van der Waals surface area contributed by atoms with Gasteiger partial charge in [-0.15, -0.1) is 0 Å². The summed E-state index contributed by atoms with van der Waals surface area (Å²) in [6.45, 7) is 1.39. The van der Waals surface area contributed by atoms with Crippen LogP contribution in [0.4, 0.5) is 20.2 Å². The van der Waals surface area contributed by atoms with Gasteiger partial charge in [-0.25, -0.2) is 17.2 Å². The van der Waals surface area contributed by atoms with E-state index in [1.165, 1.54) is 12.1 Å². The lowest BCUT2D eigenvalue weighted by Crippen LogP contribution is -2.38. The van der Waals surface area contributed by atoms with Crippen LogP contribution in [0.2, 0.25) is 0 Å².